The number of pyridine rings is 1. The zero-order valence-electron chi connectivity index (χ0n) is 9.49. The second kappa shape index (κ2) is 4.81. The first-order chi connectivity index (χ1) is 7.50. The molecule has 1 unspecified atom stereocenters. The van der Waals surface area contributed by atoms with E-state index >= 15 is 0 Å². The normalized spacial score (nSPS) is 13.9. The van der Waals surface area contributed by atoms with Crippen molar-refractivity contribution >= 4 is 11.5 Å². The van der Waals surface area contributed by atoms with E-state index in [1.165, 1.54) is 6.20 Å². The van der Waals surface area contributed by atoms with Gasteiger partial charge in [0.25, 0.3) is 0 Å². The van der Waals surface area contributed by atoms with Crippen LogP contribution < -0.4 is 11.1 Å². The average Bonchev–Trinajstić information content (AvgIpc) is 2.28. The van der Waals surface area contributed by atoms with E-state index in [4.69, 9.17) is 11.0 Å². The summed E-state index contributed by atoms with van der Waals surface area (Å²) in [6.45, 7) is 3.96. The van der Waals surface area contributed by atoms with Crippen LogP contribution in [-0.2, 0) is 0 Å². The Balaban J connectivity index is 2.80. The highest BCUT2D eigenvalue weighted by atomic mass is 16.3. The summed E-state index contributed by atoms with van der Waals surface area (Å²) < 4.78 is 0. The molecule has 0 fully saturated rings. The number of nitrogens with two attached hydrogens (primary N) is 1. The minimum atomic E-state index is -0.809. The van der Waals surface area contributed by atoms with Gasteiger partial charge in [0.2, 0.25) is 0 Å². The molecule has 0 radical (unpaired) electrons. The van der Waals surface area contributed by atoms with Crippen molar-refractivity contribution in [3.63, 3.8) is 0 Å². The van der Waals surface area contributed by atoms with Crippen LogP contribution in [0.3, 0.4) is 0 Å². The van der Waals surface area contributed by atoms with E-state index < -0.39 is 5.60 Å². The van der Waals surface area contributed by atoms with Crippen LogP contribution in [0.1, 0.15) is 25.8 Å². The number of nitrogens with one attached hydrogen (secondary N) is 1. The maximum absolute atomic E-state index is 9.81. The van der Waals surface area contributed by atoms with Gasteiger partial charge in [-0.2, -0.15) is 5.26 Å². The molecule has 1 heterocycles. The first-order valence-corrected chi connectivity index (χ1v) is 5.11. The highest BCUT2D eigenvalue weighted by Crippen LogP contribution is 2.20. The van der Waals surface area contributed by atoms with Crippen molar-refractivity contribution in [1.82, 2.24) is 4.98 Å². The van der Waals surface area contributed by atoms with E-state index in [9.17, 15) is 5.11 Å². The van der Waals surface area contributed by atoms with Crippen LogP contribution in [0.5, 0.6) is 0 Å². The molecule has 1 aromatic heterocycles. The lowest BCUT2D eigenvalue weighted by atomic mass is 10.0. The Hall–Kier alpha value is -1.80. The summed E-state index contributed by atoms with van der Waals surface area (Å²) in [5.41, 5.74) is 5.63. The van der Waals surface area contributed by atoms with Crippen LogP contribution in [-0.4, -0.2) is 22.2 Å². The number of nitriles is 1. The molecule has 16 heavy (non-hydrogen) atoms. The standard InChI is InChI=1S/C11H16N4O/c1-3-11(2,16)7-15-10-9(13)8(6-12)4-5-14-10/h4-5,16H,3,7,13H2,1-2H3,(H,14,15). The molecule has 0 aliphatic carbocycles. The Morgan fingerprint density at radius 2 is 2.38 bits per heavy atom. The van der Waals surface area contributed by atoms with Crippen molar-refractivity contribution in [2.75, 3.05) is 17.6 Å². The van der Waals surface area contributed by atoms with E-state index in [2.05, 4.69) is 10.3 Å². The van der Waals surface area contributed by atoms with Crippen LogP contribution in [0.25, 0.3) is 0 Å². The summed E-state index contributed by atoms with van der Waals surface area (Å²) in [4.78, 5) is 4.03. The van der Waals surface area contributed by atoms with E-state index in [0.29, 0.717) is 30.0 Å². The number of aliphatic hydroxyl groups is 1. The monoisotopic (exact) mass is 220 g/mol. The zero-order valence-corrected chi connectivity index (χ0v) is 9.49. The number of hydrogen-bond donors (Lipinski definition) is 3. The van der Waals surface area contributed by atoms with Crippen LogP contribution >= 0.6 is 0 Å². The van der Waals surface area contributed by atoms with Crippen LogP contribution in [0.15, 0.2) is 12.3 Å². The summed E-state index contributed by atoms with van der Waals surface area (Å²) in [7, 11) is 0. The summed E-state index contributed by atoms with van der Waals surface area (Å²) in [5.74, 6) is 0.438. The molecule has 5 heteroatoms. The number of aromatic nitrogens is 1. The number of nitrogens with zero attached hydrogens (tertiary/aromatic N) is 2. The maximum Gasteiger partial charge on any atom is 0.150 e. The van der Waals surface area contributed by atoms with Crippen LogP contribution in [0.4, 0.5) is 11.5 Å². The van der Waals surface area contributed by atoms with Gasteiger partial charge >= 0.3 is 0 Å². The van der Waals surface area contributed by atoms with Gasteiger partial charge in [0.15, 0.2) is 5.82 Å². The Kier molecular flexibility index (Phi) is 3.69. The highest BCUT2D eigenvalue weighted by molar-refractivity contribution is 5.68. The highest BCUT2D eigenvalue weighted by Gasteiger charge is 2.18. The molecule has 0 aromatic carbocycles. The molecular weight excluding hydrogens is 204 g/mol. The van der Waals surface area contributed by atoms with Gasteiger partial charge in [-0.25, -0.2) is 4.98 Å². The molecule has 86 valence electrons. The predicted molar refractivity (Wildman–Crippen MR) is 62.8 cm³/mol. The van der Waals surface area contributed by atoms with E-state index in [1.54, 1.807) is 13.0 Å². The van der Waals surface area contributed by atoms with E-state index in [-0.39, 0.29) is 0 Å². The number of hydrogen-bond acceptors (Lipinski definition) is 5. The molecule has 1 aromatic rings. The zero-order chi connectivity index (χ0) is 12.2. The molecule has 5 nitrogen and oxygen atoms in total. The molecule has 0 saturated carbocycles. The van der Waals surface area contributed by atoms with E-state index in [0.717, 1.165) is 0 Å². The molecule has 1 atom stereocenters. The van der Waals surface area contributed by atoms with Crippen molar-refractivity contribution in [3.05, 3.63) is 17.8 Å². The first-order valence-electron chi connectivity index (χ1n) is 5.11. The number of anilines is 2. The van der Waals surface area contributed by atoms with Gasteiger partial charge in [0, 0.05) is 12.7 Å². The number of rotatable bonds is 4. The molecule has 1 rings (SSSR count). The summed E-state index contributed by atoms with van der Waals surface area (Å²) in [6.07, 6.45) is 2.13. The fourth-order valence-corrected chi connectivity index (χ4v) is 1.11. The third-order valence-electron chi connectivity index (χ3n) is 2.51. The van der Waals surface area contributed by atoms with Gasteiger partial charge < -0.3 is 16.2 Å². The second-order valence-electron chi connectivity index (χ2n) is 3.94. The van der Waals surface area contributed by atoms with Crippen molar-refractivity contribution < 1.29 is 5.11 Å². The van der Waals surface area contributed by atoms with Gasteiger partial charge in [-0.1, -0.05) is 6.92 Å². The second-order valence-corrected chi connectivity index (χ2v) is 3.94. The molecule has 0 saturated heterocycles. The van der Waals surface area contributed by atoms with Crippen molar-refractivity contribution in [2.45, 2.75) is 25.9 Å². The van der Waals surface area contributed by atoms with Gasteiger partial charge in [0.05, 0.1) is 16.9 Å². The molecule has 0 aliphatic heterocycles. The maximum atomic E-state index is 9.81. The van der Waals surface area contributed by atoms with Crippen molar-refractivity contribution in [1.29, 1.82) is 5.26 Å². The van der Waals surface area contributed by atoms with Crippen molar-refractivity contribution in [3.8, 4) is 6.07 Å². The SMILES string of the molecule is CCC(C)(O)CNc1nccc(C#N)c1N. The third kappa shape index (κ3) is 2.84. The molecule has 0 amide bonds. The Labute approximate surface area is 94.9 Å². The summed E-state index contributed by atoms with van der Waals surface area (Å²) >= 11 is 0. The van der Waals surface area contributed by atoms with Crippen molar-refractivity contribution in [2.24, 2.45) is 0 Å². The molecule has 0 aliphatic rings. The van der Waals surface area contributed by atoms with Gasteiger partial charge in [-0.15, -0.1) is 0 Å². The van der Waals surface area contributed by atoms with E-state index in [1.807, 2.05) is 13.0 Å². The lowest BCUT2D eigenvalue weighted by Gasteiger charge is -2.22. The Morgan fingerprint density at radius 1 is 1.69 bits per heavy atom. The fraction of sp³-hybridized carbons (Fsp3) is 0.455. The molecule has 0 spiro atoms. The third-order valence-corrected chi connectivity index (χ3v) is 2.51. The predicted octanol–water partition coefficient (Wildman–Crippen LogP) is 1.11. The minimum Gasteiger partial charge on any atom is -0.395 e. The largest absolute Gasteiger partial charge is 0.395 e. The summed E-state index contributed by atoms with van der Waals surface area (Å²) in [5, 5.41) is 21.5. The average molecular weight is 220 g/mol. The molecular formula is C11H16N4O. The molecule has 0 bridgehead atoms. The smallest absolute Gasteiger partial charge is 0.150 e. The van der Waals surface area contributed by atoms with Crippen LogP contribution in [0.2, 0.25) is 0 Å². The van der Waals surface area contributed by atoms with Gasteiger partial charge in [-0.05, 0) is 19.4 Å². The number of nitrogen functional groups attached to an aromatic ring is 1. The lowest BCUT2D eigenvalue weighted by molar-refractivity contribution is 0.0697. The first kappa shape index (κ1) is 12.3. The Bertz CT molecular complexity index is 409. The topological polar surface area (TPSA) is 95.0 Å². The van der Waals surface area contributed by atoms with Gasteiger partial charge in [0.1, 0.15) is 6.07 Å². The summed E-state index contributed by atoms with van der Waals surface area (Å²) in [6, 6.07) is 3.53. The van der Waals surface area contributed by atoms with Gasteiger partial charge in [-0.3, -0.25) is 0 Å². The fourth-order valence-electron chi connectivity index (χ4n) is 1.11. The quantitative estimate of drug-likeness (QED) is 0.706. The van der Waals surface area contributed by atoms with Crippen LogP contribution in [0, 0.1) is 11.3 Å². The Morgan fingerprint density at radius 3 is 2.94 bits per heavy atom. The molecule has 4 N–H and O–H groups in total. The minimum absolute atomic E-state index is 0.317. The lowest BCUT2D eigenvalue weighted by Crippen LogP contribution is -2.32.